The van der Waals surface area contributed by atoms with E-state index in [4.69, 9.17) is 23.4 Å². The van der Waals surface area contributed by atoms with Gasteiger partial charge in [0.25, 0.3) is 8.32 Å². The van der Waals surface area contributed by atoms with Crippen molar-refractivity contribution < 1.29 is 28.2 Å². The normalized spacial score (nSPS) is 11.9. The molecule has 0 unspecified atom stereocenters. The second kappa shape index (κ2) is 15.6. The molecule has 38 heavy (non-hydrogen) atoms. The molecule has 0 saturated carbocycles. The third-order valence-electron chi connectivity index (χ3n) is 6.18. The highest BCUT2D eigenvalue weighted by molar-refractivity contribution is 6.99. The highest BCUT2D eigenvalue weighted by atomic mass is 28.4. The van der Waals surface area contributed by atoms with Gasteiger partial charge >= 0.3 is 5.97 Å². The number of rotatable bonds is 16. The number of hydrogen-bond acceptors (Lipinski definition) is 6. The Morgan fingerprint density at radius 1 is 0.579 bits per heavy atom. The number of benzene rings is 3. The molecular weight excluding hydrogens is 496 g/mol. The summed E-state index contributed by atoms with van der Waals surface area (Å²) in [6, 6.07) is 30.1. The van der Waals surface area contributed by atoms with Crippen molar-refractivity contribution in [2.45, 2.75) is 25.8 Å². The quantitative estimate of drug-likeness (QED) is 0.153. The van der Waals surface area contributed by atoms with Gasteiger partial charge in [0.15, 0.2) is 0 Å². The molecule has 0 aliphatic heterocycles. The maximum atomic E-state index is 11.9. The maximum absolute atomic E-state index is 11.9. The fourth-order valence-electron chi connectivity index (χ4n) is 4.41. The van der Waals surface area contributed by atoms with Crippen LogP contribution in [-0.2, 0) is 23.4 Å². The van der Waals surface area contributed by atoms with Crippen molar-refractivity contribution in [3.05, 3.63) is 96.6 Å². The van der Waals surface area contributed by atoms with Gasteiger partial charge in [0.2, 0.25) is 0 Å². The number of hydrogen-bond donors (Lipinski definition) is 0. The van der Waals surface area contributed by atoms with Crippen LogP contribution in [0.25, 0.3) is 0 Å². The molecule has 0 bridgehead atoms. The first-order chi connectivity index (χ1) is 18.4. The third-order valence-corrected chi connectivity index (χ3v) is 11.2. The Morgan fingerprint density at radius 2 is 0.974 bits per heavy atom. The largest absolute Gasteiger partial charge is 0.460 e. The lowest BCUT2D eigenvalue weighted by Gasteiger charge is -2.43. The van der Waals surface area contributed by atoms with E-state index >= 15 is 0 Å². The van der Waals surface area contributed by atoms with E-state index in [1.807, 2.05) is 18.2 Å². The molecule has 0 saturated heterocycles. The third kappa shape index (κ3) is 8.61. The molecule has 0 N–H and O–H groups in total. The van der Waals surface area contributed by atoms with Crippen LogP contribution in [0.2, 0.25) is 5.04 Å². The van der Waals surface area contributed by atoms with Gasteiger partial charge in [-0.2, -0.15) is 0 Å². The summed E-state index contributed by atoms with van der Waals surface area (Å²) in [5.41, 5.74) is 0.535. The Hall–Kier alpha value is -2.81. The van der Waals surface area contributed by atoms with E-state index in [1.165, 1.54) is 10.4 Å². The minimum atomic E-state index is -2.53. The van der Waals surface area contributed by atoms with Gasteiger partial charge in [-0.25, -0.2) is 4.79 Å². The Labute approximate surface area is 228 Å². The van der Waals surface area contributed by atoms with E-state index in [2.05, 4.69) is 69.3 Å². The molecule has 6 nitrogen and oxygen atoms in total. The number of carbonyl (C=O) groups is 1. The molecule has 0 aliphatic carbocycles. The summed E-state index contributed by atoms with van der Waals surface area (Å²) in [5.74, 6) is -0.346. The zero-order valence-electron chi connectivity index (χ0n) is 22.8. The second-order valence-electron chi connectivity index (χ2n) is 9.85. The summed E-state index contributed by atoms with van der Waals surface area (Å²) in [6.45, 7) is 10.2. The van der Waals surface area contributed by atoms with Crippen molar-refractivity contribution in [1.82, 2.24) is 0 Å². The number of ether oxygens (including phenoxy) is 4. The van der Waals surface area contributed by atoms with Crippen LogP contribution in [-0.4, -0.2) is 67.1 Å². The standard InChI is InChI=1S/C31H40O6Si/c1-31(2,3)38(28-15-9-5-10-16-28,29-17-11-6-12-18-29)37-26-24-35-22-20-33-19-21-34-23-25-36-30(32)27-13-7-4-8-14-27/h4-18H,19-26H2,1-3H3. The van der Waals surface area contributed by atoms with Crippen molar-refractivity contribution in [2.24, 2.45) is 0 Å². The summed E-state index contributed by atoms with van der Waals surface area (Å²) in [6.07, 6.45) is 0. The minimum absolute atomic E-state index is 0.0569. The van der Waals surface area contributed by atoms with Crippen LogP contribution in [0.4, 0.5) is 0 Å². The fraction of sp³-hybridized carbons (Fsp3) is 0.387. The van der Waals surface area contributed by atoms with E-state index in [0.29, 0.717) is 51.8 Å². The lowest BCUT2D eigenvalue weighted by Crippen LogP contribution is -2.66. The number of carbonyl (C=O) groups excluding carboxylic acids is 1. The molecule has 0 radical (unpaired) electrons. The molecule has 3 aromatic rings. The highest BCUT2D eigenvalue weighted by Gasteiger charge is 2.49. The summed E-state index contributed by atoms with van der Waals surface area (Å²) >= 11 is 0. The fourth-order valence-corrected chi connectivity index (χ4v) is 8.95. The van der Waals surface area contributed by atoms with Crippen molar-refractivity contribution in [3.63, 3.8) is 0 Å². The van der Waals surface area contributed by atoms with Gasteiger partial charge in [-0.05, 0) is 27.5 Å². The average Bonchev–Trinajstić information content (AvgIpc) is 2.94. The van der Waals surface area contributed by atoms with Crippen molar-refractivity contribution in [2.75, 3.05) is 52.9 Å². The Bertz CT molecular complexity index is 1010. The molecule has 0 atom stereocenters. The van der Waals surface area contributed by atoms with Gasteiger partial charge in [0, 0.05) is 0 Å². The molecule has 204 valence electrons. The summed E-state index contributed by atoms with van der Waals surface area (Å²) in [4.78, 5) is 11.9. The van der Waals surface area contributed by atoms with Gasteiger partial charge in [0.1, 0.15) is 6.61 Å². The van der Waals surface area contributed by atoms with E-state index in [1.54, 1.807) is 24.3 Å². The SMILES string of the molecule is CC(C)(C)[Si](OCCOCCOCCOCCOC(=O)c1ccccc1)(c1ccccc1)c1ccccc1. The van der Waals surface area contributed by atoms with Crippen LogP contribution >= 0.6 is 0 Å². The molecule has 7 heteroatoms. The van der Waals surface area contributed by atoms with Crippen LogP contribution in [0, 0.1) is 0 Å². The van der Waals surface area contributed by atoms with E-state index in [0.717, 1.165) is 0 Å². The minimum Gasteiger partial charge on any atom is -0.460 e. The topological polar surface area (TPSA) is 63.2 Å². The smallest absolute Gasteiger partial charge is 0.338 e. The zero-order chi connectivity index (χ0) is 27.1. The molecule has 3 aromatic carbocycles. The Kier molecular flexibility index (Phi) is 12.2. The lowest BCUT2D eigenvalue weighted by atomic mass is 10.2. The van der Waals surface area contributed by atoms with Crippen LogP contribution in [0.15, 0.2) is 91.0 Å². The first-order valence-corrected chi connectivity index (χ1v) is 15.1. The van der Waals surface area contributed by atoms with E-state index in [-0.39, 0.29) is 17.6 Å². The molecule has 0 amide bonds. The van der Waals surface area contributed by atoms with Crippen LogP contribution < -0.4 is 10.4 Å². The molecule has 0 aliphatic rings. The zero-order valence-corrected chi connectivity index (χ0v) is 23.8. The molecule has 0 spiro atoms. The van der Waals surface area contributed by atoms with Crippen molar-refractivity contribution in [1.29, 1.82) is 0 Å². The lowest BCUT2D eigenvalue weighted by molar-refractivity contribution is -0.00254. The van der Waals surface area contributed by atoms with E-state index < -0.39 is 8.32 Å². The van der Waals surface area contributed by atoms with Crippen molar-refractivity contribution >= 4 is 24.7 Å². The summed E-state index contributed by atoms with van der Waals surface area (Å²) < 4.78 is 28.8. The number of esters is 1. The first-order valence-electron chi connectivity index (χ1n) is 13.2. The van der Waals surface area contributed by atoms with E-state index in [9.17, 15) is 4.79 Å². The molecule has 3 rings (SSSR count). The van der Waals surface area contributed by atoms with Gasteiger partial charge in [-0.3, -0.25) is 0 Å². The highest BCUT2D eigenvalue weighted by Crippen LogP contribution is 2.36. The van der Waals surface area contributed by atoms with Gasteiger partial charge in [0.05, 0.1) is 51.8 Å². The Balaban J connectivity index is 1.32. The predicted molar refractivity (Wildman–Crippen MR) is 153 cm³/mol. The first kappa shape index (κ1) is 29.7. The molecule has 0 heterocycles. The average molecular weight is 537 g/mol. The monoisotopic (exact) mass is 536 g/mol. The maximum Gasteiger partial charge on any atom is 0.338 e. The summed E-state index contributed by atoms with van der Waals surface area (Å²) in [5, 5.41) is 2.47. The molecule has 0 fully saturated rings. The van der Waals surface area contributed by atoms with Gasteiger partial charge < -0.3 is 23.4 Å². The van der Waals surface area contributed by atoms with Crippen LogP contribution in [0.1, 0.15) is 31.1 Å². The van der Waals surface area contributed by atoms with Crippen molar-refractivity contribution in [3.8, 4) is 0 Å². The summed E-state index contributed by atoms with van der Waals surface area (Å²) in [7, 11) is -2.53. The molecular formula is C31H40O6Si. The molecule has 0 aromatic heterocycles. The second-order valence-corrected chi connectivity index (χ2v) is 14.2. The van der Waals surface area contributed by atoms with Gasteiger partial charge in [-0.15, -0.1) is 0 Å². The van der Waals surface area contributed by atoms with Crippen LogP contribution in [0.5, 0.6) is 0 Å². The predicted octanol–water partition coefficient (Wildman–Crippen LogP) is 4.47. The Morgan fingerprint density at radius 3 is 1.42 bits per heavy atom. The van der Waals surface area contributed by atoms with Crippen LogP contribution in [0.3, 0.4) is 0 Å². The van der Waals surface area contributed by atoms with Gasteiger partial charge in [-0.1, -0.05) is 99.6 Å².